The fraction of sp³-hybridized carbons (Fsp3) is 0.727. The zero-order valence-corrected chi connectivity index (χ0v) is 16.7. The quantitative estimate of drug-likeness (QED) is 0.607. The topological polar surface area (TPSA) is 9.23 Å². The lowest BCUT2D eigenvalue weighted by atomic mass is 9.71. The molecule has 23 heavy (non-hydrogen) atoms. The first-order valence-electron chi connectivity index (χ1n) is 9.44. The second-order valence-corrected chi connectivity index (χ2v) is 8.42. The van der Waals surface area contributed by atoms with Crippen LogP contribution in [0.1, 0.15) is 100 Å². The lowest BCUT2D eigenvalue weighted by molar-refractivity contribution is -0.0173. The predicted molar refractivity (Wildman–Crippen MR) is 101 cm³/mol. The van der Waals surface area contributed by atoms with Crippen LogP contribution in [-0.2, 0) is 4.74 Å². The third-order valence-electron chi connectivity index (χ3n) is 5.96. The summed E-state index contributed by atoms with van der Waals surface area (Å²) in [5, 5.41) is 0. The van der Waals surface area contributed by atoms with Crippen LogP contribution < -0.4 is 0 Å². The smallest absolute Gasteiger partial charge is 0.0616 e. The largest absolute Gasteiger partial charge is 0.375 e. The molecule has 0 fully saturated rings. The van der Waals surface area contributed by atoms with Crippen molar-refractivity contribution in [1.82, 2.24) is 0 Å². The highest BCUT2D eigenvalue weighted by Crippen LogP contribution is 2.45. The summed E-state index contributed by atoms with van der Waals surface area (Å²) in [5.41, 5.74) is 7.70. The molecule has 2 rings (SSSR count). The maximum absolute atomic E-state index is 6.34. The van der Waals surface area contributed by atoms with E-state index in [1.165, 1.54) is 11.1 Å². The Kier molecular flexibility index (Phi) is 5.61. The van der Waals surface area contributed by atoms with Gasteiger partial charge in [-0.1, -0.05) is 40.7 Å². The Morgan fingerprint density at radius 2 is 1.61 bits per heavy atom. The second kappa shape index (κ2) is 6.97. The molecule has 0 saturated heterocycles. The van der Waals surface area contributed by atoms with Crippen molar-refractivity contribution in [3.05, 3.63) is 33.9 Å². The predicted octanol–water partition coefficient (Wildman–Crippen LogP) is 6.47. The summed E-state index contributed by atoms with van der Waals surface area (Å²) in [6.45, 7) is 20.9. The van der Waals surface area contributed by atoms with Gasteiger partial charge in [0.1, 0.15) is 0 Å². The molecule has 1 aromatic carbocycles. The van der Waals surface area contributed by atoms with E-state index in [1.54, 1.807) is 16.7 Å². The number of hydrogen-bond acceptors (Lipinski definition) is 1. The first-order valence-corrected chi connectivity index (χ1v) is 9.44. The number of benzene rings is 1. The lowest BCUT2D eigenvalue weighted by Gasteiger charge is -2.38. The molecule has 0 N–H and O–H groups in total. The minimum Gasteiger partial charge on any atom is -0.375 e. The Morgan fingerprint density at radius 3 is 2.13 bits per heavy atom. The van der Waals surface area contributed by atoms with Gasteiger partial charge in [0.25, 0.3) is 0 Å². The molecular formula is C22H36O. The van der Waals surface area contributed by atoms with Crippen molar-refractivity contribution in [1.29, 1.82) is 0 Å². The molecule has 0 aromatic heterocycles. The molecule has 0 radical (unpaired) electrons. The normalized spacial score (nSPS) is 28.7. The van der Waals surface area contributed by atoms with Crippen molar-refractivity contribution in [3.8, 4) is 0 Å². The molecule has 1 aromatic rings. The van der Waals surface area contributed by atoms with Gasteiger partial charge in [-0.05, 0) is 79.7 Å². The van der Waals surface area contributed by atoms with Gasteiger partial charge in [-0.25, -0.2) is 0 Å². The van der Waals surface area contributed by atoms with Gasteiger partial charge in [-0.2, -0.15) is 0 Å². The van der Waals surface area contributed by atoms with Gasteiger partial charge in [0.05, 0.1) is 12.2 Å². The van der Waals surface area contributed by atoms with Crippen LogP contribution in [0.25, 0.3) is 0 Å². The standard InChI is InChI=1S/C22H36O/c1-12(2)19-10-14(5)16(7)21-17(8)18(9)23-15(6)11-20(13(3)4)22(19)21/h10,12-13,15,17-18,20H,11H2,1-9H3/t15-,17-,18+,20?/m0/s1. The maximum Gasteiger partial charge on any atom is 0.0616 e. The summed E-state index contributed by atoms with van der Waals surface area (Å²) in [6.07, 6.45) is 1.73. The van der Waals surface area contributed by atoms with E-state index >= 15 is 0 Å². The highest BCUT2D eigenvalue weighted by molar-refractivity contribution is 5.50. The molecule has 0 aliphatic carbocycles. The van der Waals surface area contributed by atoms with Crippen molar-refractivity contribution in [2.24, 2.45) is 5.92 Å². The average molecular weight is 317 g/mol. The zero-order valence-electron chi connectivity index (χ0n) is 16.7. The van der Waals surface area contributed by atoms with E-state index in [9.17, 15) is 0 Å². The van der Waals surface area contributed by atoms with Crippen LogP contribution in [0.3, 0.4) is 0 Å². The Bertz CT molecular complexity index is 556. The molecular weight excluding hydrogens is 280 g/mol. The first-order chi connectivity index (χ1) is 10.6. The molecule has 0 spiro atoms. The van der Waals surface area contributed by atoms with Gasteiger partial charge < -0.3 is 4.74 Å². The molecule has 1 unspecified atom stereocenters. The first kappa shape index (κ1) is 18.5. The molecule has 1 nitrogen and oxygen atoms in total. The number of rotatable bonds is 2. The fourth-order valence-corrected chi connectivity index (χ4v) is 4.32. The van der Waals surface area contributed by atoms with E-state index in [2.05, 4.69) is 68.4 Å². The van der Waals surface area contributed by atoms with Gasteiger partial charge in [-0.3, -0.25) is 0 Å². The SMILES string of the molecule is Cc1cc(C(C)C)c2c(c1C)[C@@H](C)[C@@H](C)O[C@@H](C)CC2C(C)C. The van der Waals surface area contributed by atoms with Crippen LogP contribution in [0.5, 0.6) is 0 Å². The Balaban J connectivity index is 2.80. The van der Waals surface area contributed by atoms with E-state index in [0.717, 1.165) is 6.42 Å². The van der Waals surface area contributed by atoms with Crippen molar-refractivity contribution >= 4 is 0 Å². The lowest BCUT2D eigenvalue weighted by Crippen LogP contribution is -2.31. The van der Waals surface area contributed by atoms with Gasteiger partial charge >= 0.3 is 0 Å². The Morgan fingerprint density at radius 1 is 1.00 bits per heavy atom. The number of fused-ring (bicyclic) bond motifs is 1. The summed E-state index contributed by atoms with van der Waals surface area (Å²) < 4.78 is 6.34. The third-order valence-corrected chi connectivity index (χ3v) is 5.96. The highest BCUT2D eigenvalue weighted by atomic mass is 16.5. The van der Waals surface area contributed by atoms with Crippen LogP contribution in [0.4, 0.5) is 0 Å². The van der Waals surface area contributed by atoms with Crippen LogP contribution in [0.2, 0.25) is 0 Å². The monoisotopic (exact) mass is 316 g/mol. The second-order valence-electron chi connectivity index (χ2n) is 8.42. The minimum atomic E-state index is 0.275. The third kappa shape index (κ3) is 3.50. The van der Waals surface area contributed by atoms with Gasteiger partial charge in [0, 0.05) is 5.92 Å². The van der Waals surface area contributed by atoms with Gasteiger partial charge in [0.2, 0.25) is 0 Å². The zero-order chi connectivity index (χ0) is 17.5. The van der Waals surface area contributed by atoms with Gasteiger partial charge in [0.15, 0.2) is 0 Å². The Labute approximate surface area is 143 Å². The highest BCUT2D eigenvalue weighted by Gasteiger charge is 2.33. The molecule has 1 aliphatic rings. The van der Waals surface area contributed by atoms with Crippen LogP contribution in [0.15, 0.2) is 6.07 Å². The summed E-state index contributed by atoms with van der Waals surface area (Å²) in [6, 6.07) is 2.46. The van der Waals surface area contributed by atoms with Crippen LogP contribution >= 0.6 is 0 Å². The molecule has 1 heteroatoms. The fourth-order valence-electron chi connectivity index (χ4n) is 4.32. The average Bonchev–Trinajstić information content (AvgIpc) is 2.44. The molecule has 0 amide bonds. The molecule has 0 bridgehead atoms. The summed E-state index contributed by atoms with van der Waals surface area (Å²) >= 11 is 0. The molecule has 4 atom stereocenters. The number of ether oxygens (including phenoxy) is 1. The van der Waals surface area contributed by atoms with E-state index in [4.69, 9.17) is 4.74 Å². The summed E-state index contributed by atoms with van der Waals surface area (Å²) in [5.74, 6) is 2.25. The van der Waals surface area contributed by atoms with Crippen molar-refractivity contribution in [3.63, 3.8) is 0 Å². The molecule has 1 aliphatic heterocycles. The molecule has 130 valence electrons. The number of aryl methyl sites for hydroxylation is 1. The van der Waals surface area contributed by atoms with Crippen molar-refractivity contribution in [2.45, 2.75) is 98.7 Å². The minimum absolute atomic E-state index is 0.275. The number of hydrogen-bond donors (Lipinski definition) is 0. The maximum atomic E-state index is 6.34. The van der Waals surface area contributed by atoms with E-state index < -0.39 is 0 Å². The van der Waals surface area contributed by atoms with E-state index in [1.807, 2.05) is 0 Å². The van der Waals surface area contributed by atoms with Crippen LogP contribution in [-0.4, -0.2) is 12.2 Å². The van der Waals surface area contributed by atoms with E-state index in [0.29, 0.717) is 29.8 Å². The molecule has 0 saturated carbocycles. The molecule has 1 heterocycles. The summed E-state index contributed by atoms with van der Waals surface area (Å²) in [7, 11) is 0. The Hall–Kier alpha value is -0.820. The van der Waals surface area contributed by atoms with Crippen LogP contribution in [0, 0.1) is 19.8 Å². The van der Waals surface area contributed by atoms with E-state index in [-0.39, 0.29) is 6.10 Å². The van der Waals surface area contributed by atoms with Gasteiger partial charge in [-0.15, -0.1) is 0 Å². The van der Waals surface area contributed by atoms with Crippen molar-refractivity contribution < 1.29 is 4.74 Å². The van der Waals surface area contributed by atoms with Crippen molar-refractivity contribution in [2.75, 3.05) is 0 Å². The summed E-state index contributed by atoms with van der Waals surface area (Å²) in [4.78, 5) is 0.